The first-order valence-electron chi connectivity index (χ1n) is 9.98. The zero-order valence-corrected chi connectivity index (χ0v) is 20.2. The van der Waals surface area contributed by atoms with E-state index in [1.165, 1.54) is 54.1 Å². The highest BCUT2D eigenvalue weighted by atomic mass is 32.2. The highest BCUT2D eigenvalue weighted by Crippen LogP contribution is 2.31. The molecule has 0 aliphatic heterocycles. The van der Waals surface area contributed by atoms with Crippen LogP contribution in [0.3, 0.4) is 0 Å². The van der Waals surface area contributed by atoms with E-state index in [1.54, 1.807) is 7.11 Å². The number of nitrogens with one attached hydrogen (secondary N) is 2. The second kappa shape index (κ2) is 11.4. The van der Waals surface area contributed by atoms with E-state index < -0.39 is 15.9 Å². The highest BCUT2D eigenvalue weighted by molar-refractivity contribution is 7.89. The molecule has 2 aromatic carbocycles. The molecule has 0 aliphatic rings. The number of rotatable bonds is 12. The maximum atomic E-state index is 13.0. The summed E-state index contributed by atoms with van der Waals surface area (Å²) in [5, 5.41) is 0.494. The van der Waals surface area contributed by atoms with E-state index >= 15 is 0 Å². The van der Waals surface area contributed by atoms with Crippen LogP contribution in [0.5, 0.6) is 5.75 Å². The van der Waals surface area contributed by atoms with Crippen LogP contribution in [0.4, 0.5) is 5.13 Å². The van der Waals surface area contributed by atoms with E-state index in [2.05, 4.69) is 15.8 Å². The number of hydrogen-bond acceptors (Lipinski definition) is 9. The zero-order valence-electron chi connectivity index (χ0n) is 18.5. The number of sulfonamides is 1. The molecular weight excluding hydrogens is 468 g/mol. The Hall–Kier alpha value is -2.77. The third-order valence-corrected chi connectivity index (χ3v) is 7.58. The van der Waals surface area contributed by atoms with Crippen LogP contribution in [0.1, 0.15) is 10.4 Å². The van der Waals surface area contributed by atoms with E-state index in [0.717, 1.165) is 4.70 Å². The smallest absolute Gasteiger partial charge is 0.269 e. The van der Waals surface area contributed by atoms with Gasteiger partial charge < -0.3 is 14.2 Å². The number of para-hydroxylation sites is 1. The lowest BCUT2D eigenvalue weighted by Gasteiger charge is -2.21. The molecule has 178 valence electrons. The van der Waals surface area contributed by atoms with Crippen LogP contribution in [0.2, 0.25) is 0 Å². The molecule has 0 saturated heterocycles. The summed E-state index contributed by atoms with van der Waals surface area (Å²) in [5.74, 6) is 0.214. The Kier molecular flexibility index (Phi) is 8.58. The average molecular weight is 495 g/mol. The van der Waals surface area contributed by atoms with Gasteiger partial charge in [0.2, 0.25) is 15.2 Å². The summed E-state index contributed by atoms with van der Waals surface area (Å²) in [6.07, 6.45) is 0. The summed E-state index contributed by atoms with van der Waals surface area (Å²) < 4.78 is 43.4. The number of aromatic nitrogens is 1. The van der Waals surface area contributed by atoms with Crippen molar-refractivity contribution in [2.45, 2.75) is 4.90 Å². The molecule has 3 aromatic rings. The molecule has 12 heteroatoms. The predicted octanol–water partition coefficient (Wildman–Crippen LogP) is 2.35. The van der Waals surface area contributed by atoms with Crippen molar-refractivity contribution in [3.8, 4) is 5.75 Å². The van der Waals surface area contributed by atoms with Gasteiger partial charge in [-0.2, -0.15) is 4.31 Å². The highest BCUT2D eigenvalue weighted by Gasteiger charge is 2.24. The molecule has 0 radical (unpaired) electrons. The van der Waals surface area contributed by atoms with Crippen LogP contribution in [-0.4, -0.2) is 71.2 Å². The SMILES string of the molecule is COCCN(CCOC)S(=O)(=O)c1ccc(C(=O)NNc2nc3c(OC)cccc3s2)cc1. The van der Waals surface area contributed by atoms with Gasteiger partial charge in [0.1, 0.15) is 11.3 Å². The number of methoxy groups -OCH3 is 3. The van der Waals surface area contributed by atoms with Gasteiger partial charge in [-0.15, -0.1) is 0 Å². The number of thiazole rings is 1. The van der Waals surface area contributed by atoms with E-state index in [-0.39, 0.29) is 31.2 Å². The Bertz CT molecular complexity index is 1170. The van der Waals surface area contributed by atoms with E-state index in [9.17, 15) is 13.2 Å². The molecule has 33 heavy (non-hydrogen) atoms. The van der Waals surface area contributed by atoms with Crippen molar-refractivity contribution in [2.75, 3.05) is 53.1 Å². The van der Waals surface area contributed by atoms with Gasteiger partial charge in [-0.05, 0) is 36.4 Å². The third kappa shape index (κ3) is 5.97. The molecule has 0 atom stereocenters. The van der Waals surface area contributed by atoms with Crippen molar-refractivity contribution in [1.29, 1.82) is 0 Å². The number of carbonyl (C=O) groups excluding carboxylic acids is 1. The molecule has 0 fully saturated rings. The monoisotopic (exact) mass is 494 g/mol. The van der Waals surface area contributed by atoms with Crippen LogP contribution in [0.25, 0.3) is 10.2 Å². The Morgan fingerprint density at radius 3 is 2.30 bits per heavy atom. The quantitative estimate of drug-likeness (QED) is 0.368. The maximum absolute atomic E-state index is 13.0. The fourth-order valence-electron chi connectivity index (χ4n) is 2.99. The summed E-state index contributed by atoms with van der Waals surface area (Å²) in [6, 6.07) is 11.3. The number of ether oxygens (including phenoxy) is 3. The van der Waals surface area contributed by atoms with Crippen LogP contribution >= 0.6 is 11.3 Å². The number of nitrogens with zero attached hydrogens (tertiary/aromatic N) is 2. The molecule has 0 spiro atoms. The van der Waals surface area contributed by atoms with Crippen molar-refractivity contribution in [2.24, 2.45) is 0 Å². The molecule has 0 unspecified atom stereocenters. The molecule has 1 aromatic heterocycles. The minimum Gasteiger partial charge on any atom is -0.494 e. The molecule has 1 amide bonds. The normalized spacial score (nSPS) is 11.6. The van der Waals surface area contributed by atoms with Gasteiger partial charge in [0.15, 0.2) is 0 Å². The number of fused-ring (bicyclic) bond motifs is 1. The molecule has 3 rings (SSSR count). The van der Waals surface area contributed by atoms with Crippen LogP contribution < -0.4 is 15.6 Å². The first-order chi connectivity index (χ1) is 15.9. The van der Waals surface area contributed by atoms with Gasteiger partial charge >= 0.3 is 0 Å². The first kappa shape index (κ1) is 24.9. The van der Waals surface area contributed by atoms with Gasteiger partial charge in [-0.3, -0.25) is 15.6 Å². The van der Waals surface area contributed by atoms with Gasteiger partial charge in [-0.25, -0.2) is 13.4 Å². The lowest BCUT2D eigenvalue weighted by molar-refractivity contribution is 0.0962. The van der Waals surface area contributed by atoms with Gasteiger partial charge in [0, 0.05) is 32.9 Å². The summed E-state index contributed by atoms with van der Waals surface area (Å²) in [7, 11) is 0.826. The average Bonchev–Trinajstić information content (AvgIpc) is 3.25. The van der Waals surface area contributed by atoms with Gasteiger partial charge in [0.25, 0.3) is 5.91 Å². The van der Waals surface area contributed by atoms with Gasteiger partial charge in [0.05, 0.1) is 29.9 Å². The Labute approximate surface area is 196 Å². The van der Waals surface area contributed by atoms with E-state index in [4.69, 9.17) is 14.2 Å². The van der Waals surface area contributed by atoms with Gasteiger partial charge in [-0.1, -0.05) is 17.4 Å². The summed E-state index contributed by atoms with van der Waals surface area (Å²) in [6.45, 7) is 0.905. The van der Waals surface area contributed by atoms with Crippen LogP contribution in [0.15, 0.2) is 47.4 Å². The lowest BCUT2D eigenvalue weighted by atomic mass is 10.2. The molecule has 0 saturated carbocycles. The molecule has 0 bridgehead atoms. The molecule has 0 aliphatic carbocycles. The van der Waals surface area contributed by atoms with Crippen molar-refractivity contribution < 1.29 is 27.4 Å². The summed E-state index contributed by atoms with van der Waals surface area (Å²) in [4.78, 5) is 17.0. The summed E-state index contributed by atoms with van der Waals surface area (Å²) in [5.41, 5.74) is 6.36. The fourth-order valence-corrected chi connectivity index (χ4v) is 5.23. The van der Waals surface area contributed by atoms with Crippen LogP contribution in [-0.2, 0) is 19.5 Å². The second-order valence-electron chi connectivity index (χ2n) is 6.82. The molecular formula is C21H26N4O6S2. The number of anilines is 1. The van der Waals surface area contributed by atoms with Crippen molar-refractivity contribution in [1.82, 2.24) is 14.7 Å². The standard InChI is InChI=1S/C21H26N4O6S2/c1-29-13-11-25(12-14-30-2)33(27,28)16-9-7-15(8-10-16)20(26)23-24-21-22-19-17(31-3)5-4-6-18(19)32-21/h4-10H,11-14H2,1-3H3,(H,22,24)(H,23,26). The topological polar surface area (TPSA) is 119 Å². The number of benzene rings is 2. The van der Waals surface area contributed by atoms with Crippen LogP contribution in [0, 0.1) is 0 Å². The van der Waals surface area contributed by atoms with E-state index in [1.807, 2.05) is 18.2 Å². The van der Waals surface area contributed by atoms with E-state index in [0.29, 0.717) is 22.0 Å². The summed E-state index contributed by atoms with van der Waals surface area (Å²) >= 11 is 1.36. The Balaban J connectivity index is 1.68. The maximum Gasteiger partial charge on any atom is 0.269 e. The molecule has 10 nitrogen and oxygen atoms in total. The fraction of sp³-hybridized carbons (Fsp3) is 0.333. The number of carbonyl (C=O) groups is 1. The predicted molar refractivity (Wildman–Crippen MR) is 126 cm³/mol. The van der Waals surface area contributed by atoms with Crippen molar-refractivity contribution in [3.05, 3.63) is 48.0 Å². The number of hydrogen-bond donors (Lipinski definition) is 2. The number of hydrazine groups is 1. The lowest BCUT2D eigenvalue weighted by Crippen LogP contribution is -2.36. The molecule has 1 heterocycles. The first-order valence-corrected chi connectivity index (χ1v) is 12.2. The Morgan fingerprint density at radius 2 is 1.70 bits per heavy atom. The third-order valence-electron chi connectivity index (χ3n) is 4.73. The zero-order chi connectivity index (χ0) is 23.8. The van der Waals surface area contributed by atoms with Crippen molar-refractivity contribution >= 4 is 42.6 Å². The second-order valence-corrected chi connectivity index (χ2v) is 9.79. The largest absolute Gasteiger partial charge is 0.494 e. The molecule has 2 N–H and O–H groups in total. The minimum atomic E-state index is -3.76. The van der Waals surface area contributed by atoms with Crippen molar-refractivity contribution in [3.63, 3.8) is 0 Å². The Morgan fingerprint density at radius 1 is 1.03 bits per heavy atom. The minimum absolute atomic E-state index is 0.0810. The number of amides is 1.